The molecule has 1 aromatic rings. The number of carbonyl (C=O) groups is 1. The number of anilines is 1. The van der Waals surface area contributed by atoms with Crippen molar-refractivity contribution in [2.75, 3.05) is 11.9 Å². The summed E-state index contributed by atoms with van der Waals surface area (Å²) in [6, 6.07) is 5.93. The number of benzene rings is 1. The fourth-order valence-corrected chi connectivity index (χ4v) is 1.82. The fourth-order valence-electron chi connectivity index (χ4n) is 1.82. The van der Waals surface area contributed by atoms with Crippen molar-refractivity contribution < 1.29 is 9.63 Å². The van der Waals surface area contributed by atoms with Gasteiger partial charge in [0.2, 0.25) is 5.91 Å². The highest BCUT2D eigenvalue weighted by Crippen LogP contribution is 2.23. The summed E-state index contributed by atoms with van der Waals surface area (Å²) in [4.78, 5) is 16.3. The number of oxime groups is 1. The molecule has 1 aliphatic rings. The number of rotatable bonds is 3. The Morgan fingerprint density at radius 2 is 2.29 bits per heavy atom. The third kappa shape index (κ3) is 2.64. The van der Waals surface area contributed by atoms with Gasteiger partial charge in [0.05, 0.1) is 5.71 Å². The maximum Gasteiger partial charge on any atom is 0.224 e. The van der Waals surface area contributed by atoms with E-state index in [0.717, 1.165) is 28.9 Å². The van der Waals surface area contributed by atoms with Gasteiger partial charge in [-0.05, 0) is 43.5 Å². The average molecular weight is 232 g/mol. The Kier molecular flexibility index (Phi) is 3.42. The number of nitrogens with one attached hydrogen (secondary N) is 1. The van der Waals surface area contributed by atoms with E-state index in [-0.39, 0.29) is 5.91 Å². The molecule has 0 atom stereocenters. The first-order chi connectivity index (χ1) is 8.20. The van der Waals surface area contributed by atoms with E-state index >= 15 is 0 Å². The molecular weight excluding hydrogens is 216 g/mol. The largest absolute Gasteiger partial charge is 0.396 e. The normalized spacial score (nSPS) is 15.2. The molecule has 4 nitrogen and oxygen atoms in total. The van der Waals surface area contributed by atoms with Crippen molar-refractivity contribution in [1.29, 1.82) is 0 Å². The van der Waals surface area contributed by atoms with Gasteiger partial charge in [0.15, 0.2) is 0 Å². The van der Waals surface area contributed by atoms with E-state index in [2.05, 4.69) is 16.5 Å². The second-order valence-corrected chi connectivity index (χ2v) is 4.01. The molecular formula is C13H16N2O2. The molecule has 0 saturated heterocycles. The zero-order valence-electron chi connectivity index (χ0n) is 10.1. The molecule has 90 valence electrons. The van der Waals surface area contributed by atoms with E-state index in [0.29, 0.717) is 13.0 Å². The molecule has 4 heteroatoms. The molecule has 2 rings (SSSR count). The minimum absolute atomic E-state index is 0.0879. The van der Waals surface area contributed by atoms with Crippen LogP contribution >= 0.6 is 0 Å². The van der Waals surface area contributed by atoms with Crippen LogP contribution in [0.2, 0.25) is 0 Å². The third-order valence-corrected chi connectivity index (χ3v) is 2.75. The molecule has 0 aliphatic carbocycles. The number of hydrogen-bond donors (Lipinski definition) is 1. The highest BCUT2D eigenvalue weighted by molar-refractivity contribution is 6.00. The smallest absolute Gasteiger partial charge is 0.224 e. The summed E-state index contributed by atoms with van der Waals surface area (Å²) in [5.41, 5.74) is 3.96. The zero-order chi connectivity index (χ0) is 12.3. The van der Waals surface area contributed by atoms with Gasteiger partial charge in [-0.15, -0.1) is 0 Å². The van der Waals surface area contributed by atoms with Gasteiger partial charge in [0.1, 0.15) is 6.61 Å². The summed E-state index contributed by atoms with van der Waals surface area (Å²) in [7, 11) is 0. The molecule has 1 heterocycles. The Balaban J connectivity index is 2.25. The van der Waals surface area contributed by atoms with Crippen LogP contribution in [0.1, 0.15) is 31.4 Å². The van der Waals surface area contributed by atoms with Crippen molar-refractivity contribution in [2.45, 2.75) is 26.7 Å². The number of hydrogen-bond acceptors (Lipinski definition) is 3. The predicted octanol–water partition coefficient (Wildman–Crippen LogP) is 2.33. The first-order valence-electron chi connectivity index (χ1n) is 5.80. The van der Waals surface area contributed by atoms with E-state index in [4.69, 9.17) is 4.84 Å². The first kappa shape index (κ1) is 11.6. The minimum Gasteiger partial charge on any atom is -0.396 e. The molecule has 0 unspecified atom stereocenters. The summed E-state index contributed by atoms with van der Waals surface area (Å²) >= 11 is 0. The Bertz CT molecular complexity index is 466. The van der Waals surface area contributed by atoms with E-state index < -0.39 is 0 Å². The van der Waals surface area contributed by atoms with Crippen molar-refractivity contribution in [3.05, 3.63) is 29.3 Å². The maximum atomic E-state index is 11.2. The number of amides is 1. The van der Waals surface area contributed by atoms with Crippen molar-refractivity contribution in [3.63, 3.8) is 0 Å². The fraction of sp³-hybridized carbons (Fsp3) is 0.385. The van der Waals surface area contributed by atoms with Crippen LogP contribution in [0.25, 0.3) is 0 Å². The Hall–Kier alpha value is -1.84. The summed E-state index contributed by atoms with van der Waals surface area (Å²) in [5.74, 6) is 0.0879. The molecule has 1 amide bonds. The SMILES string of the molecule is CCO/N=C(\C)c1ccc2c(c1)CCC(=O)N2. The number of aryl methyl sites for hydroxylation is 1. The Morgan fingerprint density at radius 1 is 1.47 bits per heavy atom. The second kappa shape index (κ2) is 4.99. The summed E-state index contributed by atoms with van der Waals surface area (Å²) in [5, 5.41) is 6.87. The van der Waals surface area contributed by atoms with Crippen LogP contribution in [-0.2, 0) is 16.1 Å². The minimum atomic E-state index is 0.0879. The molecule has 0 bridgehead atoms. The molecule has 1 aliphatic heterocycles. The van der Waals surface area contributed by atoms with Crippen LogP contribution in [0.15, 0.2) is 23.4 Å². The summed E-state index contributed by atoms with van der Waals surface area (Å²) in [6.45, 7) is 4.39. The second-order valence-electron chi connectivity index (χ2n) is 4.01. The predicted molar refractivity (Wildman–Crippen MR) is 67.2 cm³/mol. The molecule has 17 heavy (non-hydrogen) atoms. The summed E-state index contributed by atoms with van der Waals surface area (Å²) in [6.07, 6.45) is 1.34. The highest BCUT2D eigenvalue weighted by Gasteiger charge is 2.15. The van der Waals surface area contributed by atoms with Crippen LogP contribution in [0.3, 0.4) is 0 Å². The number of carbonyl (C=O) groups excluding carboxylic acids is 1. The lowest BCUT2D eigenvalue weighted by Crippen LogP contribution is -2.19. The lowest BCUT2D eigenvalue weighted by molar-refractivity contribution is -0.116. The number of nitrogens with zero attached hydrogens (tertiary/aromatic N) is 1. The maximum absolute atomic E-state index is 11.2. The lowest BCUT2D eigenvalue weighted by atomic mass is 9.99. The van der Waals surface area contributed by atoms with Crippen molar-refractivity contribution in [3.8, 4) is 0 Å². The van der Waals surface area contributed by atoms with Gasteiger partial charge in [-0.2, -0.15) is 0 Å². The zero-order valence-corrected chi connectivity index (χ0v) is 10.1. The lowest BCUT2D eigenvalue weighted by Gasteiger charge is -2.17. The standard InChI is InChI=1S/C13H16N2O2/c1-3-17-15-9(2)10-4-6-12-11(8-10)5-7-13(16)14-12/h4,6,8H,3,5,7H2,1-2H3,(H,14,16)/b15-9+. The molecule has 0 fully saturated rings. The van der Waals surface area contributed by atoms with Crippen molar-refractivity contribution >= 4 is 17.3 Å². The van der Waals surface area contributed by atoms with Crippen LogP contribution in [0.4, 0.5) is 5.69 Å². The molecule has 0 radical (unpaired) electrons. The first-order valence-corrected chi connectivity index (χ1v) is 5.80. The molecule has 1 N–H and O–H groups in total. The van der Waals surface area contributed by atoms with Crippen LogP contribution in [0, 0.1) is 0 Å². The van der Waals surface area contributed by atoms with E-state index in [9.17, 15) is 4.79 Å². The Morgan fingerprint density at radius 3 is 3.06 bits per heavy atom. The molecule has 1 aromatic carbocycles. The topological polar surface area (TPSA) is 50.7 Å². The quantitative estimate of drug-likeness (QED) is 0.642. The Labute approximate surface area is 101 Å². The van der Waals surface area contributed by atoms with Gasteiger partial charge >= 0.3 is 0 Å². The van der Waals surface area contributed by atoms with Gasteiger partial charge < -0.3 is 10.2 Å². The van der Waals surface area contributed by atoms with Gasteiger partial charge in [-0.1, -0.05) is 11.2 Å². The van der Waals surface area contributed by atoms with Gasteiger partial charge in [0, 0.05) is 12.1 Å². The van der Waals surface area contributed by atoms with Gasteiger partial charge in [-0.25, -0.2) is 0 Å². The van der Waals surface area contributed by atoms with Gasteiger partial charge in [0.25, 0.3) is 0 Å². The average Bonchev–Trinajstić information content (AvgIpc) is 2.35. The monoisotopic (exact) mass is 232 g/mol. The van der Waals surface area contributed by atoms with Crippen LogP contribution in [0.5, 0.6) is 0 Å². The highest BCUT2D eigenvalue weighted by atomic mass is 16.6. The van der Waals surface area contributed by atoms with E-state index in [1.165, 1.54) is 0 Å². The number of fused-ring (bicyclic) bond motifs is 1. The van der Waals surface area contributed by atoms with Crippen molar-refractivity contribution in [2.24, 2.45) is 5.16 Å². The van der Waals surface area contributed by atoms with Crippen LogP contribution < -0.4 is 5.32 Å². The van der Waals surface area contributed by atoms with E-state index in [1.54, 1.807) is 0 Å². The van der Waals surface area contributed by atoms with Crippen LogP contribution in [-0.4, -0.2) is 18.2 Å². The molecule has 0 aromatic heterocycles. The third-order valence-electron chi connectivity index (χ3n) is 2.75. The summed E-state index contributed by atoms with van der Waals surface area (Å²) < 4.78 is 0. The molecule has 0 saturated carbocycles. The van der Waals surface area contributed by atoms with E-state index in [1.807, 2.05) is 26.0 Å². The van der Waals surface area contributed by atoms with Crippen molar-refractivity contribution in [1.82, 2.24) is 0 Å². The molecule has 0 spiro atoms. The van der Waals surface area contributed by atoms with Gasteiger partial charge in [-0.3, -0.25) is 4.79 Å².